The molecule has 1 saturated heterocycles. The van der Waals surface area contributed by atoms with E-state index in [4.69, 9.17) is 5.73 Å². The maximum absolute atomic E-state index is 11.9. The highest BCUT2D eigenvalue weighted by molar-refractivity contribution is 7.11. The van der Waals surface area contributed by atoms with E-state index < -0.39 is 0 Å². The number of nitrogens with two attached hydrogens (primary N) is 1. The summed E-state index contributed by atoms with van der Waals surface area (Å²) in [4.78, 5) is 16.6. The normalized spacial score (nSPS) is 17.3. The Morgan fingerprint density at radius 3 is 2.40 bits per heavy atom. The van der Waals surface area contributed by atoms with E-state index in [9.17, 15) is 4.79 Å². The number of amides is 1. The molecule has 112 valence electrons. The zero-order valence-electron chi connectivity index (χ0n) is 12.6. The first kappa shape index (κ1) is 15.1. The first-order chi connectivity index (χ1) is 9.34. The summed E-state index contributed by atoms with van der Waals surface area (Å²) in [6.45, 7) is 10.4. The van der Waals surface area contributed by atoms with Crippen LogP contribution in [0.1, 0.15) is 31.1 Å². The fourth-order valence-electron chi connectivity index (χ4n) is 2.43. The number of hydrogen-bond acceptors (Lipinski definition) is 6. The van der Waals surface area contributed by atoms with Crippen LogP contribution in [0.25, 0.3) is 0 Å². The van der Waals surface area contributed by atoms with Gasteiger partial charge in [0, 0.05) is 38.8 Å². The smallest absolute Gasteiger partial charge is 0.257 e. The molecule has 0 atom stereocenters. The van der Waals surface area contributed by atoms with Crippen molar-refractivity contribution in [1.29, 1.82) is 0 Å². The van der Waals surface area contributed by atoms with E-state index in [1.54, 1.807) is 7.05 Å². The van der Waals surface area contributed by atoms with Crippen molar-refractivity contribution in [2.75, 3.05) is 43.9 Å². The van der Waals surface area contributed by atoms with Gasteiger partial charge in [0.05, 0.1) is 0 Å². The van der Waals surface area contributed by atoms with Crippen LogP contribution in [0, 0.1) is 0 Å². The minimum atomic E-state index is -0.162. The summed E-state index contributed by atoms with van der Waals surface area (Å²) < 4.78 is 4.13. The van der Waals surface area contributed by atoms with Crippen molar-refractivity contribution < 1.29 is 4.79 Å². The minimum absolute atomic E-state index is 0.162. The van der Waals surface area contributed by atoms with Gasteiger partial charge in [-0.15, -0.1) is 0 Å². The Hall–Kier alpha value is -1.34. The summed E-state index contributed by atoms with van der Waals surface area (Å²) in [5, 5.41) is 3.52. The van der Waals surface area contributed by atoms with E-state index in [-0.39, 0.29) is 11.4 Å². The second kappa shape index (κ2) is 5.57. The molecule has 1 aromatic rings. The molecule has 1 aliphatic rings. The Morgan fingerprint density at radius 1 is 1.30 bits per heavy atom. The number of carbonyl (C=O) groups excluding carboxylic acids is 1. The van der Waals surface area contributed by atoms with Crippen LogP contribution in [0.4, 0.5) is 10.8 Å². The molecule has 0 radical (unpaired) electrons. The fraction of sp³-hybridized carbons (Fsp3) is 0.692. The van der Waals surface area contributed by atoms with Gasteiger partial charge in [-0.25, -0.2) is 0 Å². The number of carbonyl (C=O) groups is 1. The van der Waals surface area contributed by atoms with Crippen LogP contribution in [0.2, 0.25) is 0 Å². The summed E-state index contributed by atoms with van der Waals surface area (Å²) in [6, 6.07) is 0. The monoisotopic (exact) mass is 297 g/mol. The summed E-state index contributed by atoms with van der Waals surface area (Å²) in [6.07, 6.45) is 0. The van der Waals surface area contributed by atoms with Gasteiger partial charge in [-0.2, -0.15) is 4.37 Å². The number of aromatic nitrogens is 1. The molecular formula is C13H23N5OS. The second-order valence-corrected chi connectivity index (χ2v) is 6.72. The zero-order valence-corrected chi connectivity index (χ0v) is 13.4. The van der Waals surface area contributed by atoms with Gasteiger partial charge in [-0.3, -0.25) is 9.69 Å². The van der Waals surface area contributed by atoms with Crippen LogP contribution in [0.5, 0.6) is 0 Å². The Balaban J connectivity index is 2.14. The van der Waals surface area contributed by atoms with E-state index in [0.717, 1.165) is 31.2 Å². The summed E-state index contributed by atoms with van der Waals surface area (Å²) >= 11 is 1.31. The van der Waals surface area contributed by atoms with E-state index in [2.05, 4.69) is 40.3 Å². The Kier molecular flexibility index (Phi) is 4.19. The third-order valence-corrected chi connectivity index (χ3v) is 4.59. The van der Waals surface area contributed by atoms with Crippen molar-refractivity contribution in [3.8, 4) is 0 Å². The average molecular weight is 297 g/mol. The number of nitrogens with zero attached hydrogens (tertiary/aromatic N) is 3. The first-order valence-electron chi connectivity index (χ1n) is 6.82. The molecule has 0 unspecified atom stereocenters. The number of nitrogens with one attached hydrogen (secondary N) is 1. The van der Waals surface area contributed by atoms with Crippen LogP contribution in [0.15, 0.2) is 0 Å². The molecule has 7 heteroatoms. The molecule has 0 aromatic carbocycles. The molecule has 1 amide bonds. The molecule has 1 aliphatic heterocycles. The molecule has 1 fully saturated rings. The highest BCUT2D eigenvalue weighted by Crippen LogP contribution is 2.31. The quantitative estimate of drug-likeness (QED) is 0.852. The van der Waals surface area contributed by atoms with Crippen LogP contribution in [-0.4, -0.2) is 53.9 Å². The Morgan fingerprint density at radius 2 is 1.90 bits per heavy atom. The third-order valence-electron chi connectivity index (χ3n) is 3.67. The van der Waals surface area contributed by atoms with Crippen molar-refractivity contribution in [1.82, 2.24) is 14.6 Å². The number of piperazine rings is 1. The maximum atomic E-state index is 11.9. The van der Waals surface area contributed by atoms with Gasteiger partial charge in [0.1, 0.15) is 10.6 Å². The molecule has 6 nitrogen and oxygen atoms in total. The standard InChI is InChI=1S/C13H23N5OS/c1-13(2,3)18-7-5-17(6-8-18)12-9(11(19)15-4)10(14)16-20-12/h5-8H2,1-4H3,(H2,14,16)(H,15,19). The van der Waals surface area contributed by atoms with Crippen molar-refractivity contribution in [3.63, 3.8) is 0 Å². The molecule has 0 bridgehead atoms. The predicted molar refractivity (Wildman–Crippen MR) is 83.5 cm³/mol. The van der Waals surface area contributed by atoms with Crippen LogP contribution < -0.4 is 16.0 Å². The average Bonchev–Trinajstić information content (AvgIpc) is 2.79. The molecule has 3 N–H and O–H groups in total. The van der Waals surface area contributed by atoms with Crippen LogP contribution in [0.3, 0.4) is 0 Å². The SMILES string of the molecule is CNC(=O)c1c(N)nsc1N1CCN(C(C)(C)C)CC1. The molecule has 0 aliphatic carbocycles. The van der Waals surface area contributed by atoms with Crippen molar-refractivity contribution in [2.24, 2.45) is 0 Å². The largest absolute Gasteiger partial charge is 0.382 e. The van der Waals surface area contributed by atoms with Crippen molar-refractivity contribution in [3.05, 3.63) is 5.56 Å². The number of hydrogen-bond donors (Lipinski definition) is 2. The lowest BCUT2D eigenvalue weighted by molar-refractivity contribution is 0.0963. The highest BCUT2D eigenvalue weighted by Gasteiger charge is 2.29. The number of rotatable bonds is 2. The fourth-order valence-corrected chi connectivity index (χ4v) is 3.29. The molecule has 0 saturated carbocycles. The minimum Gasteiger partial charge on any atom is -0.382 e. The molecule has 1 aromatic heterocycles. The zero-order chi connectivity index (χ0) is 14.9. The lowest BCUT2D eigenvalue weighted by Gasteiger charge is -2.42. The van der Waals surface area contributed by atoms with Gasteiger partial charge < -0.3 is 16.0 Å². The molecule has 20 heavy (non-hydrogen) atoms. The van der Waals surface area contributed by atoms with Gasteiger partial charge >= 0.3 is 0 Å². The van der Waals surface area contributed by atoms with E-state index >= 15 is 0 Å². The van der Waals surface area contributed by atoms with Gasteiger partial charge in [0.25, 0.3) is 5.91 Å². The predicted octanol–water partition coefficient (Wildman–Crippen LogP) is 1.01. The summed E-state index contributed by atoms with van der Waals surface area (Å²) in [5.74, 6) is 0.159. The maximum Gasteiger partial charge on any atom is 0.257 e. The number of nitrogen functional groups attached to an aromatic ring is 1. The van der Waals surface area contributed by atoms with Crippen molar-refractivity contribution >= 4 is 28.3 Å². The highest BCUT2D eigenvalue weighted by atomic mass is 32.1. The van der Waals surface area contributed by atoms with E-state index in [1.807, 2.05) is 0 Å². The van der Waals surface area contributed by atoms with E-state index in [0.29, 0.717) is 11.4 Å². The van der Waals surface area contributed by atoms with Gasteiger partial charge in [-0.1, -0.05) is 0 Å². The Labute approximate surface area is 124 Å². The lowest BCUT2D eigenvalue weighted by atomic mass is 10.0. The summed E-state index contributed by atoms with van der Waals surface area (Å²) in [5.41, 5.74) is 6.52. The molecular weight excluding hydrogens is 274 g/mol. The summed E-state index contributed by atoms with van der Waals surface area (Å²) in [7, 11) is 1.61. The topological polar surface area (TPSA) is 74.5 Å². The van der Waals surface area contributed by atoms with Crippen molar-refractivity contribution in [2.45, 2.75) is 26.3 Å². The molecule has 2 heterocycles. The third kappa shape index (κ3) is 2.88. The van der Waals surface area contributed by atoms with Gasteiger partial charge in [0.15, 0.2) is 5.82 Å². The van der Waals surface area contributed by atoms with Gasteiger partial charge in [0.2, 0.25) is 0 Å². The van der Waals surface area contributed by atoms with Crippen LogP contribution in [-0.2, 0) is 0 Å². The van der Waals surface area contributed by atoms with Crippen LogP contribution >= 0.6 is 11.5 Å². The Bertz CT molecular complexity index is 485. The lowest BCUT2D eigenvalue weighted by Crippen LogP contribution is -2.53. The molecule has 2 rings (SSSR count). The first-order valence-corrected chi connectivity index (χ1v) is 7.59. The second-order valence-electron chi connectivity index (χ2n) is 5.97. The van der Waals surface area contributed by atoms with Gasteiger partial charge in [-0.05, 0) is 32.3 Å². The van der Waals surface area contributed by atoms with E-state index in [1.165, 1.54) is 11.5 Å². The molecule has 0 spiro atoms. The number of anilines is 2.